The van der Waals surface area contributed by atoms with Crippen molar-refractivity contribution in [3.63, 3.8) is 0 Å². The summed E-state index contributed by atoms with van der Waals surface area (Å²) >= 11 is 6.12. The summed E-state index contributed by atoms with van der Waals surface area (Å²) in [6.45, 7) is 5.67. The number of fused-ring (bicyclic) bond motifs is 1. The first-order chi connectivity index (χ1) is 16.3. The van der Waals surface area contributed by atoms with Crippen LogP contribution in [0.15, 0.2) is 42.6 Å². The molecule has 5 rings (SSSR count). The van der Waals surface area contributed by atoms with Crippen LogP contribution in [0.25, 0.3) is 16.9 Å². The number of piperazine rings is 1. The lowest BCUT2D eigenvalue weighted by Crippen LogP contribution is -2.47. The number of amides is 1. The second-order valence-electron chi connectivity index (χ2n) is 8.91. The molecule has 1 amide bonds. The SMILES string of the molecule is CC(=O)N1CCN(Cc2c(-c3ccc(Cl)cc3)nc3ccc(N4CCCCS4(=O)=O)cn23)CC1. The molecule has 0 saturated carbocycles. The fraction of sp³-hybridized carbons (Fsp3) is 0.417. The lowest BCUT2D eigenvalue weighted by molar-refractivity contribution is -0.130. The quantitative estimate of drug-likeness (QED) is 0.548. The summed E-state index contributed by atoms with van der Waals surface area (Å²) in [6.07, 6.45) is 3.45. The van der Waals surface area contributed by atoms with Crippen molar-refractivity contribution in [1.82, 2.24) is 19.2 Å². The standard InChI is InChI=1S/C24H28ClN5O3S/c1-18(31)28-13-11-27(12-14-28)17-22-24(19-4-6-20(25)7-5-19)26-23-9-8-21(16-29(22)23)30-10-2-3-15-34(30,32)33/h4-9,16H,2-3,10-15,17H2,1H3. The molecule has 34 heavy (non-hydrogen) atoms. The number of nitrogens with zero attached hydrogens (tertiary/aromatic N) is 5. The first kappa shape index (κ1) is 23.1. The Kier molecular flexibility index (Phi) is 6.26. The Morgan fingerprint density at radius 2 is 1.74 bits per heavy atom. The van der Waals surface area contributed by atoms with E-state index >= 15 is 0 Å². The average molecular weight is 502 g/mol. The van der Waals surface area contributed by atoms with Crippen molar-refractivity contribution in [3.05, 3.63) is 53.3 Å². The number of aromatic nitrogens is 2. The minimum absolute atomic E-state index is 0.101. The second kappa shape index (κ2) is 9.20. The molecule has 2 aliphatic heterocycles. The molecule has 0 N–H and O–H groups in total. The van der Waals surface area contributed by atoms with Gasteiger partial charge in [-0.25, -0.2) is 13.4 Å². The van der Waals surface area contributed by atoms with Gasteiger partial charge < -0.3 is 4.90 Å². The molecule has 2 fully saturated rings. The van der Waals surface area contributed by atoms with Crippen LogP contribution in [-0.2, 0) is 21.4 Å². The van der Waals surface area contributed by atoms with Crippen molar-refractivity contribution in [1.29, 1.82) is 0 Å². The molecule has 0 atom stereocenters. The number of benzene rings is 1. The Morgan fingerprint density at radius 3 is 2.41 bits per heavy atom. The molecular formula is C24H28ClN5O3S. The molecule has 0 bridgehead atoms. The van der Waals surface area contributed by atoms with Crippen molar-refractivity contribution < 1.29 is 13.2 Å². The molecule has 0 unspecified atom stereocenters. The number of pyridine rings is 1. The molecule has 1 aromatic carbocycles. The average Bonchev–Trinajstić information content (AvgIpc) is 3.17. The van der Waals surface area contributed by atoms with Crippen LogP contribution in [0.4, 0.5) is 5.69 Å². The normalized spacial score (nSPS) is 19.0. The van der Waals surface area contributed by atoms with Gasteiger partial charge in [0.1, 0.15) is 5.65 Å². The van der Waals surface area contributed by atoms with Gasteiger partial charge in [0.05, 0.1) is 22.8 Å². The first-order valence-corrected chi connectivity index (χ1v) is 13.6. The van der Waals surface area contributed by atoms with Gasteiger partial charge in [0.15, 0.2) is 0 Å². The Bertz CT molecular complexity index is 1310. The fourth-order valence-electron chi connectivity index (χ4n) is 4.73. The minimum Gasteiger partial charge on any atom is -0.340 e. The summed E-state index contributed by atoms with van der Waals surface area (Å²) in [6, 6.07) is 11.3. The molecule has 0 spiro atoms. The maximum Gasteiger partial charge on any atom is 0.235 e. The van der Waals surface area contributed by atoms with E-state index in [1.54, 1.807) is 6.92 Å². The van der Waals surface area contributed by atoms with E-state index in [1.807, 2.05) is 51.9 Å². The van der Waals surface area contributed by atoms with Gasteiger partial charge in [0.25, 0.3) is 0 Å². The molecule has 3 aromatic rings. The lowest BCUT2D eigenvalue weighted by atomic mass is 10.1. The lowest BCUT2D eigenvalue weighted by Gasteiger charge is -2.34. The van der Waals surface area contributed by atoms with E-state index < -0.39 is 10.0 Å². The van der Waals surface area contributed by atoms with Gasteiger partial charge >= 0.3 is 0 Å². The highest BCUT2D eigenvalue weighted by Gasteiger charge is 2.27. The molecule has 2 aromatic heterocycles. The van der Waals surface area contributed by atoms with Crippen molar-refractivity contribution in [2.24, 2.45) is 0 Å². The number of anilines is 1. The number of halogens is 1. The van der Waals surface area contributed by atoms with Gasteiger partial charge in [-0.15, -0.1) is 0 Å². The fourth-order valence-corrected chi connectivity index (χ4v) is 6.48. The van der Waals surface area contributed by atoms with E-state index in [0.29, 0.717) is 43.3 Å². The smallest absolute Gasteiger partial charge is 0.235 e. The number of imidazole rings is 1. The number of hydrogen-bond donors (Lipinski definition) is 0. The van der Waals surface area contributed by atoms with Crippen LogP contribution < -0.4 is 4.31 Å². The van der Waals surface area contributed by atoms with Crippen LogP contribution in [0, 0.1) is 0 Å². The topological polar surface area (TPSA) is 78.2 Å². The maximum absolute atomic E-state index is 12.7. The minimum atomic E-state index is -3.31. The largest absolute Gasteiger partial charge is 0.340 e. The van der Waals surface area contributed by atoms with Gasteiger partial charge in [0, 0.05) is 63.0 Å². The maximum atomic E-state index is 12.7. The van der Waals surface area contributed by atoms with E-state index in [1.165, 1.54) is 4.31 Å². The van der Waals surface area contributed by atoms with E-state index in [4.69, 9.17) is 16.6 Å². The van der Waals surface area contributed by atoms with Crippen LogP contribution >= 0.6 is 11.6 Å². The van der Waals surface area contributed by atoms with Crippen molar-refractivity contribution >= 4 is 38.9 Å². The monoisotopic (exact) mass is 501 g/mol. The highest BCUT2D eigenvalue weighted by Crippen LogP contribution is 2.30. The molecule has 2 saturated heterocycles. The number of sulfonamides is 1. The Morgan fingerprint density at radius 1 is 1.00 bits per heavy atom. The number of rotatable bonds is 4. The van der Waals surface area contributed by atoms with Crippen molar-refractivity contribution in [2.75, 3.05) is 42.8 Å². The molecule has 8 nitrogen and oxygen atoms in total. The molecule has 10 heteroatoms. The molecule has 4 heterocycles. The van der Waals surface area contributed by atoms with Crippen LogP contribution in [0.1, 0.15) is 25.5 Å². The first-order valence-electron chi connectivity index (χ1n) is 11.6. The third-order valence-electron chi connectivity index (χ3n) is 6.65. The van der Waals surface area contributed by atoms with E-state index in [-0.39, 0.29) is 11.7 Å². The van der Waals surface area contributed by atoms with Gasteiger partial charge in [-0.05, 0) is 37.1 Å². The third kappa shape index (κ3) is 4.52. The van der Waals surface area contributed by atoms with Gasteiger partial charge in [0.2, 0.25) is 15.9 Å². The number of carbonyl (C=O) groups excluding carboxylic acids is 1. The summed E-state index contributed by atoms with van der Waals surface area (Å²) in [5, 5.41) is 0.659. The zero-order chi connectivity index (χ0) is 23.9. The molecule has 0 radical (unpaired) electrons. The number of carbonyl (C=O) groups is 1. The van der Waals surface area contributed by atoms with Gasteiger partial charge in [-0.2, -0.15) is 0 Å². The number of hydrogen-bond acceptors (Lipinski definition) is 5. The van der Waals surface area contributed by atoms with Crippen LogP contribution in [0.3, 0.4) is 0 Å². The summed E-state index contributed by atoms with van der Waals surface area (Å²) in [7, 11) is -3.31. The Hall–Kier alpha value is -2.62. The molecule has 0 aliphatic carbocycles. The predicted molar refractivity (Wildman–Crippen MR) is 134 cm³/mol. The molecule has 2 aliphatic rings. The van der Waals surface area contributed by atoms with Crippen LogP contribution in [-0.4, -0.2) is 72.0 Å². The summed E-state index contributed by atoms with van der Waals surface area (Å²) in [5.41, 5.74) is 4.22. The Balaban J connectivity index is 1.55. The summed E-state index contributed by atoms with van der Waals surface area (Å²) in [4.78, 5) is 20.8. The second-order valence-corrected chi connectivity index (χ2v) is 11.4. The van der Waals surface area contributed by atoms with Gasteiger partial charge in [-0.1, -0.05) is 23.7 Å². The predicted octanol–water partition coefficient (Wildman–Crippen LogP) is 3.25. The van der Waals surface area contributed by atoms with E-state index in [2.05, 4.69) is 4.90 Å². The van der Waals surface area contributed by atoms with Crippen molar-refractivity contribution in [2.45, 2.75) is 26.3 Å². The molecular weight excluding hydrogens is 474 g/mol. The summed E-state index contributed by atoms with van der Waals surface area (Å²) < 4.78 is 29.0. The van der Waals surface area contributed by atoms with E-state index in [9.17, 15) is 13.2 Å². The van der Waals surface area contributed by atoms with Gasteiger partial charge in [-0.3, -0.25) is 18.4 Å². The third-order valence-corrected chi connectivity index (χ3v) is 8.77. The summed E-state index contributed by atoms with van der Waals surface area (Å²) in [5.74, 6) is 0.279. The zero-order valence-electron chi connectivity index (χ0n) is 19.2. The zero-order valence-corrected chi connectivity index (χ0v) is 20.7. The Labute approximate surface area is 204 Å². The van der Waals surface area contributed by atoms with Crippen molar-refractivity contribution in [3.8, 4) is 11.3 Å². The highest BCUT2D eigenvalue weighted by atomic mass is 35.5. The van der Waals surface area contributed by atoms with E-state index in [0.717, 1.165) is 42.1 Å². The molecule has 180 valence electrons. The van der Waals surface area contributed by atoms with Crippen LogP contribution in [0.5, 0.6) is 0 Å². The highest BCUT2D eigenvalue weighted by molar-refractivity contribution is 7.92. The van der Waals surface area contributed by atoms with Crippen LogP contribution in [0.2, 0.25) is 5.02 Å².